The van der Waals surface area contributed by atoms with E-state index in [4.69, 9.17) is 9.47 Å². The Balaban J connectivity index is 0.00000364. The number of aliphatic imine (C=N–C) groups is 1. The molecular formula is C18H28F2IN3O3. The van der Waals surface area contributed by atoms with E-state index in [0.717, 1.165) is 12.5 Å². The number of guanidine groups is 1. The van der Waals surface area contributed by atoms with Crippen molar-refractivity contribution in [1.29, 1.82) is 0 Å². The molecule has 1 aromatic carbocycles. The standard InChI is InChI=1S/C18H27F2N3O3.HI/c1-21-18(23(2)8-9-25-12-13-4-5-13)22-11-14-6-7-15(24-3)10-16(14)26-17(19)20;/h6-7,10,13,17H,4-5,8-9,11-12H2,1-3H3,(H,21,22);1H. The molecule has 154 valence electrons. The van der Waals surface area contributed by atoms with Crippen LogP contribution in [0.2, 0.25) is 0 Å². The van der Waals surface area contributed by atoms with Gasteiger partial charge in [-0.05, 0) is 30.9 Å². The lowest BCUT2D eigenvalue weighted by Gasteiger charge is -2.22. The summed E-state index contributed by atoms with van der Waals surface area (Å²) in [6.07, 6.45) is 2.54. The van der Waals surface area contributed by atoms with Gasteiger partial charge in [-0.2, -0.15) is 8.78 Å². The molecule has 9 heteroatoms. The van der Waals surface area contributed by atoms with Crippen molar-refractivity contribution in [1.82, 2.24) is 10.2 Å². The summed E-state index contributed by atoms with van der Waals surface area (Å²) in [5.74, 6) is 1.93. The van der Waals surface area contributed by atoms with Crippen molar-refractivity contribution in [3.05, 3.63) is 23.8 Å². The van der Waals surface area contributed by atoms with Gasteiger partial charge >= 0.3 is 6.61 Å². The van der Waals surface area contributed by atoms with Crippen LogP contribution in [0.5, 0.6) is 11.5 Å². The van der Waals surface area contributed by atoms with Gasteiger partial charge in [0.15, 0.2) is 5.96 Å². The summed E-state index contributed by atoms with van der Waals surface area (Å²) in [5, 5.41) is 3.15. The number of alkyl halides is 2. The maximum Gasteiger partial charge on any atom is 0.387 e. The van der Waals surface area contributed by atoms with Gasteiger partial charge in [-0.25, -0.2) is 0 Å². The first-order valence-electron chi connectivity index (χ1n) is 8.64. The van der Waals surface area contributed by atoms with Gasteiger partial charge in [-0.1, -0.05) is 0 Å². The van der Waals surface area contributed by atoms with Crippen molar-refractivity contribution in [3.8, 4) is 11.5 Å². The van der Waals surface area contributed by atoms with Crippen LogP contribution in [0.15, 0.2) is 23.2 Å². The zero-order valence-corrected chi connectivity index (χ0v) is 18.2. The highest BCUT2D eigenvalue weighted by atomic mass is 127. The van der Waals surface area contributed by atoms with E-state index >= 15 is 0 Å². The zero-order chi connectivity index (χ0) is 18.9. The third-order valence-electron chi connectivity index (χ3n) is 4.12. The summed E-state index contributed by atoms with van der Waals surface area (Å²) in [6.45, 7) is -0.469. The van der Waals surface area contributed by atoms with Crippen molar-refractivity contribution < 1.29 is 23.0 Å². The number of ether oxygens (including phenoxy) is 3. The van der Waals surface area contributed by atoms with Gasteiger partial charge in [0, 0.05) is 45.4 Å². The normalized spacial score (nSPS) is 13.9. The molecule has 2 rings (SSSR count). The fourth-order valence-corrected chi connectivity index (χ4v) is 2.41. The summed E-state index contributed by atoms with van der Waals surface area (Å²) in [4.78, 5) is 6.15. The van der Waals surface area contributed by atoms with E-state index in [-0.39, 0.29) is 29.7 Å². The average molecular weight is 499 g/mol. The van der Waals surface area contributed by atoms with E-state index < -0.39 is 6.61 Å². The van der Waals surface area contributed by atoms with E-state index in [0.29, 0.717) is 37.0 Å². The van der Waals surface area contributed by atoms with Gasteiger partial charge in [0.25, 0.3) is 0 Å². The van der Waals surface area contributed by atoms with Gasteiger partial charge in [0.1, 0.15) is 11.5 Å². The molecule has 0 spiro atoms. The number of nitrogens with zero attached hydrogens (tertiary/aromatic N) is 2. The van der Waals surface area contributed by atoms with Gasteiger partial charge in [-0.15, -0.1) is 24.0 Å². The maximum atomic E-state index is 12.6. The van der Waals surface area contributed by atoms with Crippen LogP contribution in [0.3, 0.4) is 0 Å². The van der Waals surface area contributed by atoms with E-state index in [1.165, 1.54) is 26.0 Å². The van der Waals surface area contributed by atoms with Crippen LogP contribution >= 0.6 is 24.0 Å². The number of hydrogen-bond donors (Lipinski definition) is 1. The smallest absolute Gasteiger partial charge is 0.387 e. The highest BCUT2D eigenvalue weighted by molar-refractivity contribution is 14.0. The van der Waals surface area contributed by atoms with Crippen molar-refractivity contribution in [2.24, 2.45) is 10.9 Å². The number of halogens is 3. The summed E-state index contributed by atoms with van der Waals surface area (Å²) < 4.78 is 40.6. The minimum atomic E-state index is -2.90. The Morgan fingerprint density at radius 3 is 2.70 bits per heavy atom. The minimum Gasteiger partial charge on any atom is -0.497 e. The molecule has 0 aliphatic heterocycles. The van der Waals surface area contributed by atoms with E-state index in [9.17, 15) is 8.78 Å². The van der Waals surface area contributed by atoms with Crippen molar-refractivity contribution in [3.63, 3.8) is 0 Å². The zero-order valence-electron chi connectivity index (χ0n) is 15.9. The first-order chi connectivity index (χ1) is 12.5. The molecule has 6 nitrogen and oxygen atoms in total. The second-order valence-electron chi connectivity index (χ2n) is 6.19. The van der Waals surface area contributed by atoms with Crippen LogP contribution in [0.1, 0.15) is 18.4 Å². The molecule has 0 atom stereocenters. The topological polar surface area (TPSA) is 55.3 Å². The van der Waals surface area contributed by atoms with E-state index in [1.54, 1.807) is 19.2 Å². The van der Waals surface area contributed by atoms with Crippen LogP contribution in [-0.2, 0) is 11.3 Å². The fourth-order valence-electron chi connectivity index (χ4n) is 2.41. The average Bonchev–Trinajstić information content (AvgIpc) is 3.44. The number of likely N-dealkylation sites (N-methyl/N-ethyl adjacent to an activating group) is 1. The Morgan fingerprint density at radius 2 is 2.11 bits per heavy atom. The molecule has 1 saturated carbocycles. The molecule has 1 aromatic rings. The highest BCUT2D eigenvalue weighted by Crippen LogP contribution is 2.28. The molecule has 1 aliphatic rings. The quantitative estimate of drug-likeness (QED) is 0.232. The molecule has 27 heavy (non-hydrogen) atoms. The lowest BCUT2D eigenvalue weighted by molar-refractivity contribution is -0.0505. The lowest BCUT2D eigenvalue weighted by atomic mass is 10.2. The summed E-state index contributed by atoms with van der Waals surface area (Å²) >= 11 is 0. The molecule has 0 heterocycles. The molecule has 0 saturated heterocycles. The Bertz CT molecular complexity index is 601. The predicted molar refractivity (Wildman–Crippen MR) is 111 cm³/mol. The van der Waals surface area contributed by atoms with Gasteiger partial charge in [0.05, 0.1) is 13.7 Å². The molecule has 0 bridgehead atoms. The lowest BCUT2D eigenvalue weighted by Crippen LogP contribution is -2.40. The molecule has 1 fully saturated rings. The first kappa shape index (κ1) is 23.7. The number of hydrogen-bond acceptors (Lipinski definition) is 4. The third kappa shape index (κ3) is 8.46. The van der Waals surface area contributed by atoms with Crippen LogP contribution in [0.25, 0.3) is 0 Å². The van der Waals surface area contributed by atoms with Crippen LogP contribution < -0.4 is 14.8 Å². The van der Waals surface area contributed by atoms with Gasteiger partial charge in [-0.3, -0.25) is 4.99 Å². The Morgan fingerprint density at radius 1 is 1.37 bits per heavy atom. The van der Waals surface area contributed by atoms with Crippen LogP contribution in [-0.4, -0.2) is 58.4 Å². The summed E-state index contributed by atoms with van der Waals surface area (Å²) in [7, 11) is 5.05. The second kappa shape index (κ2) is 12.2. The maximum absolute atomic E-state index is 12.6. The number of rotatable bonds is 10. The first-order valence-corrected chi connectivity index (χ1v) is 8.64. The minimum absolute atomic E-state index is 0. The Labute approximate surface area is 176 Å². The largest absolute Gasteiger partial charge is 0.497 e. The van der Waals surface area contributed by atoms with Crippen LogP contribution in [0, 0.1) is 5.92 Å². The molecule has 0 radical (unpaired) electrons. The fraction of sp³-hybridized carbons (Fsp3) is 0.611. The third-order valence-corrected chi connectivity index (χ3v) is 4.12. The highest BCUT2D eigenvalue weighted by Gasteiger charge is 2.21. The molecule has 1 N–H and O–H groups in total. The van der Waals surface area contributed by atoms with Crippen molar-refractivity contribution in [2.75, 3.05) is 41.0 Å². The molecule has 0 unspecified atom stereocenters. The summed E-state index contributed by atoms with van der Waals surface area (Å²) in [6, 6.07) is 4.84. The summed E-state index contributed by atoms with van der Waals surface area (Å²) in [5.41, 5.74) is 0.589. The number of benzene rings is 1. The monoisotopic (exact) mass is 499 g/mol. The Kier molecular flexibility index (Phi) is 10.7. The molecule has 0 aromatic heterocycles. The SMILES string of the molecule is CN=C(NCc1ccc(OC)cc1OC(F)F)N(C)CCOCC1CC1.I. The number of nitrogens with one attached hydrogen (secondary N) is 1. The Hall–Kier alpha value is -1.36. The van der Waals surface area contributed by atoms with Crippen LogP contribution in [0.4, 0.5) is 8.78 Å². The predicted octanol–water partition coefficient (Wildman–Crippen LogP) is 3.35. The van der Waals surface area contributed by atoms with Gasteiger partial charge in [0.2, 0.25) is 0 Å². The van der Waals surface area contributed by atoms with E-state index in [1.807, 2.05) is 11.9 Å². The van der Waals surface area contributed by atoms with Crippen molar-refractivity contribution in [2.45, 2.75) is 26.0 Å². The van der Waals surface area contributed by atoms with Crippen molar-refractivity contribution >= 4 is 29.9 Å². The molecular weight excluding hydrogens is 471 g/mol. The number of methoxy groups -OCH3 is 1. The van der Waals surface area contributed by atoms with E-state index in [2.05, 4.69) is 15.0 Å². The molecule has 0 amide bonds. The second-order valence-corrected chi connectivity index (χ2v) is 6.19. The molecule has 1 aliphatic carbocycles. The van der Waals surface area contributed by atoms with Gasteiger partial charge < -0.3 is 24.4 Å².